The highest BCUT2D eigenvalue weighted by Gasteiger charge is 2.04. The van der Waals surface area contributed by atoms with Gasteiger partial charge in [-0.3, -0.25) is 4.79 Å². The Bertz CT molecular complexity index is 356. The summed E-state index contributed by atoms with van der Waals surface area (Å²) in [6.45, 7) is 10.3. The molecule has 0 aromatic carbocycles. The van der Waals surface area contributed by atoms with Crippen molar-refractivity contribution in [1.82, 2.24) is 15.2 Å². The topological polar surface area (TPSA) is 48.1 Å². The minimum absolute atomic E-state index is 0.105. The fourth-order valence-corrected chi connectivity index (χ4v) is 1.99. The van der Waals surface area contributed by atoms with E-state index in [1.54, 1.807) is 0 Å². The number of carbonyl (C=O) groups excluding carboxylic acids is 1. The molecule has 1 amide bonds. The summed E-state index contributed by atoms with van der Waals surface area (Å²) in [6.07, 6.45) is 3.38. The molecule has 0 aliphatic rings. The number of nitrogens with one attached hydrogen (secondary N) is 2. The fourth-order valence-electron chi connectivity index (χ4n) is 1.99. The van der Waals surface area contributed by atoms with Crippen LogP contribution in [-0.2, 0) is 11.2 Å². The Kier molecular flexibility index (Phi) is 6.50. The summed E-state index contributed by atoms with van der Waals surface area (Å²) in [7, 11) is 0. The summed E-state index contributed by atoms with van der Waals surface area (Å²) in [5, 5.41) is 2.96. The third-order valence-corrected chi connectivity index (χ3v) is 3.12. The fraction of sp³-hybridized carbons (Fsp3) is 0.643. The van der Waals surface area contributed by atoms with Crippen molar-refractivity contribution >= 4 is 5.91 Å². The van der Waals surface area contributed by atoms with Crippen molar-refractivity contribution in [3.8, 4) is 0 Å². The number of hydrogen-bond acceptors (Lipinski definition) is 2. The van der Waals surface area contributed by atoms with E-state index in [4.69, 9.17) is 0 Å². The second-order valence-electron chi connectivity index (χ2n) is 4.60. The maximum absolute atomic E-state index is 11.7. The standard InChI is InChI=1S/C14H25N3O/c1-4-17(5-2)8-6-7-15-14(18)10-13-9-12(3)16-11-13/h9,11,16H,4-8,10H2,1-3H3,(H,15,18). The van der Waals surface area contributed by atoms with Gasteiger partial charge in [-0.1, -0.05) is 13.8 Å². The van der Waals surface area contributed by atoms with Crippen molar-refractivity contribution in [1.29, 1.82) is 0 Å². The van der Waals surface area contributed by atoms with Crippen LogP contribution in [0.3, 0.4) is 0 Å². The predicted molar refractivity (Wildman–Crippen MR) is 74.6 cm³/mol. The molecule has 0 saturated heterocycles. The largest absolute Gasteiger partial charge is 0.365 e. The first-order valence-corrected chi connectivity index (χ1v) is 6.78. The summed E-state index contributed by atoms with van der Waals surface area (Å²) < 4.78 is 0. The number of rotatable bonds is 8. The van der Waals surface area contributed by atoms with E-state index in [1.807, 2.05) is 19.2 Å². The van der Waals surface area contributed by atoms with Gasteiger partial charge in [0.25, 0.3) is 0 Å². The van der Waals surface area contributed by atoms with Crippen molar-refractivity contribution < 1.29 is 4.79 Å². The number of hydrogen-bond donors (Lipinski definition) is 2. The van der Waals surface area contributed by atoms with Crippen LogP contribution in [0.4, 0.5) is 0 Å². The van der Waals surface area contributed by atoms with Gasteiger partial charge in [-0.15, -0.1) is 0 Å². The Labute approximate surface area is 110 Å². The maximum atomic E-state index is 11.7. The van der Waals surface area contributed by atoms with Gasteiger partial charge in [0, 0.05) is 18.4 Å². The molecule has 2 N–H and O–H groups in total. The van der Waals surface area contributed by atoms with Crippen molar-refractivity contribution in [2.75, 3.05) is 26.2 Å². The van der Waals surface area contributed by atoms with Crippen LogP contribution in [0, 0.1) is 6.92 Å². The Morgan fingerprint density at radius 1 is 1.39 bits per heavy atom. The van der Waals surface area contributed by atoms with Crippen molar-refractivity contribution in [2.45, 2.75) is 33.6 Å². The lowest BCUT2D eigenvalue weighted by atomic mass is 10.2. The number of amides is 1. The number of aromatic amines is 1. The Balaban J connectivity index is 2.14. The van der Waals surface area contributed by atoms with Crippen molar-refractivity contribution in [3.05, 3.63) is 23.5 Å². The van der Waals surface area contributed by atoms with Crippen LogP contribution < -0.4 is 5.32 Å². The second kappa shape index (κ2) is 7.93. The summed E-state index contributed by atoms with van der Waals surface area (Å²) in [5.41, 5.74) is 2.15. The molecule has 0 aliphatic heterocycles. The molecule has 102 valence electrons. The van der Waals surface area contributed by atoms with Crippen LogP contribution in [-0.4, -0.2) is 42.0 Å². The van der Waals surface area contributed by atoms with E-state index in [1.165, 1.54) is 0 Å². The molecule has 0 spiro atoms. The normalized spacial score (nSPS) is 10.9. The van der Waals surface area contributed by atoms with Crippen LogP contribution in [0.25, 0.3) is 0 Å². The smallest absolute Gasteiger partial charge is 0.224 e. The molecule has 1 heterocycles. The summed E-state index contributed by atoms with van der Waals surface area (Å²) in [5.74, 6) is 0.105. The van der Waals surface area contributed by atoms with Crippen LogP contribution in [0.2, 0.25) is 0 Å². The highest BCUT2D eigenvalue weighted by molar-refractivity contribution is 5.78. The van der Waals surface area contributed by atoms with Gasteiger partial charge in [0.2, 0.25) is 5.91 Å². The van der Waals surface area contributed by atoms with E-state index >= 15 is 0 Å². The second-order valence-corrected chi connectivity index (χ2v) is 4.60. The average Bonchev–Trinajstić information content (AvgIpc) is 2.75. The van der Waals surface area contributed by atoms with Crippen LogP contribution in [0.1, 0.15) is 31.5 Å². The molecule has 1 aromatic heterocycles. The van der Waals surface area contributed by atoms with Gasteiger partial charge in [0.05, 0.1) is 6.42 Å². The van der Waals surface area contributed by atoms with Gasteiger partial charge < -0.3 is 15.2 Å². The van der Waals surface area contributed by atoms with Crippen LogP contribution >= 0.6 is 0 Å². The van der Waals surface area contributed by atoms with Crippen LogP contribution in [0.5, 0.6) is 0 Å². The first-order chi connectivity index (χ1) is 8.65. The Morgan fingerprint density at radius 2 is 2.11 bits per heavy atom. The molecule has 1 aromatic rings. The highest BCUT2D eigenvalue weighted by Crippen LogP contribution is 2.02. The lowest BCUT2D eigenvalue weighted by Gasteiger charge is -2.17. The molecular formula is C14H25N3O. The Hall–Kier alpha value is -1.29. The van der Waals surface area contributed by atoms with E-state index in [2.05, 4.69) is 29.0 Å². The number of nitrogens with zero attached hydrogens (tertiary/aromatic N) is 1. The first kappa shape index (κ1) is 14.8. The SMILES string of the molecule is CCN(CC)CCCNC(=O)Cc1c[nH]c(C)c1. The lowest BCUT2D eigenvalue weighted by molar-refractivity contribution is -0.120. The maximum Gasteiger partial charge on any atom is 0.224 e. The first-order valence-electron chi connectivity index (χ1n) is 6.78. The van der Waals surface area contributed by atoms with Gasteiger partial charge in [-0.25, -0.2) is 0 Å². The zero-order chi connectivity index (χ0) is 13.4. The van der Waals surface area contributed by atoms with Crippen LogP contribution in [0.15, 0.2) is 12.3 Å². The molecule has 0 fully saturated rings. The molecule has 0 unspecified atom stereocenters. The minimum atomic E-state index is 0.105. The molecule has 4 nitrogen and oxygen atoms in total. The molecule has 0 saturated carbocycles. The molecule has 0 aliphatic carbocycles. The van der Waals surface area contributed by atoms with Gasteiger partial charge >= 0.3 is 0 Å². The van der Waals surface area contributed by atoms with Gasteiger partial charge in [0.1, 0.15) is 0 Å². The van der Waals surface area contributed by atoms with Crippen molar-refractivity contribution in [2.24, 2.45) is 0 Å². The zero-order valence-corrected chi connectivity index (χ0v) is 11.8. The van der Waals surface area contributed by atoms with Gasteiger partial charge in [0.15, 0.2) is 0 Å². The van der Waals surface area contributed by atoms with E-state index in [9.17, 15) is 4.79 Å². The van der Waals surface area contributed by atoms with Crippen molar-refractivity contribution in [3.63, 3.8) is 0 Å². The number of aromatic nitrogens is 1. The highest BCUT2D eigenvalue weighted by atomic mass is 16.1. The molecule has 0 radical (unpaired) electrons. The van der Waals surface area contributed by atoms with E-state index in [0.717, 1.165) is 43.9 Å². The van der Waals surface area contributed by atoms with Gasteiger partial charge in [-0.2, -0.15) is 0 Å². The molecular weight excluding hydrogens is 226 g/mol. The van der Waals surface area contributed by atoms with E-state index in [-0.39, 0.29) is 5.91 Å². The monoisotopic (exact) mass is 251 g/mol. The third-order valence-electron chi connectivity index (χ3n) is 3.12. The quantitative estimate of drug-likeness (QED) is 0.691. The zero-order valence-electron chi connectivity index (χ0n) is 11.8. The summed E-state index contributed by atoms with van der Waals surface area (Å²) >= 11 is 0. The number of aryl methyl sites for hydroxylation is 1. The van der Waals surface area contributed by atoms with Gasteiger partial charge in [-0.05, 0) is 44.6 Å². The number of carbonyl (C=O) groups is 1. The summed E-state index contributed by atoms with van der Waals surface area (Å²) in [6, 6.07) is 2.01. The third kappa shape index (κ3) is 5.36. The number of H-pyrrole nitrogens is 1. The minimum Gasteiger partial charge on any atom is -0.365 e. The van der Waals surface area contributed by atoms with E-state index in [0.29, 0.717) is 6.42 Å². The molecule has 18 heavy (non-hydrogen) atoms. The predicted octanol–water partition coefficient (Wildman–Crippen LogP) is 1.71. The molecule has 1 rings (SSSR count). The molecule has 0 atom stereocenters. The Morgan fingerprint density at radius 3 is 2.67 bits per heavy atom. The average molecular weight is 251 g/mol. The summed E-state index contributed by atoms with van der Waals surface area (Å²) in [4.78, 5) is 17.1. The molecule has 4 heteroatoms. The molecule has 0 bridgehead atoms. The lowest BCUT2D eigenvalue weighted by Crippen LogP contribution is -2.30. The van der Waals surface area contributed by atoms with E-state index < -0.39 is 0 Å².